The van der Waals surface area contributed by atoms with Gasteiger partial charge in [0, 0.05) is 33.8 Å². The van der Waals surface area contributed by atoms with Gasteiger partial charge in [-0.25, -0.2) is 0 Å². The van der Waals surface area contributed by atoms with Crippen LogP contribution in [0.3, 0.4) is 0 Å². The third-order valence-corrected chi connectivity index (χ3v) is 0. The molecular weight excluding hydrogens is 648 g/mol. The molecular formula is H5BiCoFeMgMoTl. The van der Waals surface area contributed by atoms with Crippen LogP contribution < -0.4 is 0 Å². The molecule has 0 aliphatic carbocycles. The van der Waals surface area contributed by atoms with Gasteiger partial charge in [0.15, 0.2) is 0 Å². The van der Waals surface area contributed by atoms with E-state index in [9.17, 15) is 0 Å². The summed E-state index contributed by atoms with van der Waals surface area (Å²) in [6, 6.07) is 0. The van der Waals surface area contributed by atoms with Crippen molar-refractivity contribution in [3.05, 3.63) is 0 Å². The average molecular weight is 653 g/mol. The van der Waals surface area contributed by atoms with Crippen molar-refractivity contribution in [1.82, 2.24) is 0 Å². The van der Waals surface area contributed by atoms with Crippen molar-refractivity contribution < 1.29 is 49.2 Å². The zero-order valence-electron chi connectivity index (χ0n) is 2.38. The molecule has 0 bridgehead atoms. The van der Waals surface area contributed by atoms with Crippen molar-refractivity contribution >= 4 is 71.5 Å². The molecule has 0 amide bonds. The minimum absolute atomic E-state index is 0. The molecule has 0 atom stereocenters. The Morgan fingerprint density at radius 3 is 1.17 bits per heavy atom. The van der Waals surface area contributed by atoms with Crippen molar-refractivity contribution in [2.24, 2.45) is 0 Å². The number of hydrogen-bond donors (Lipinski definition) is 0. The van der Waals surface area contributed by atoms with E-state index < -0.39 is 0 Å². The first-order chi connectivity index (χ1) is 1.00. The summed E-state index contributed by atoms with van der Waals surface area (Å²) >= 11 is 3.29. The molecule has 0 heterocycles. The number of rotatable bonds is 0. The van der Waals surface area contributed by atoms with Crippen LogP contribution in [0.2, 0.25) is 0 Å². The SMILES string of the molecule is [BiH3].[Co].[Fe].[MgH2].[Mo][Tl]. The molecule has 0 aliphatic rings. The predicted octanol–water partition coefficient (Wildman–Crippen LogP) is -2.49. The third kappa shape index (κ3) is 23.9. The predicted molar refractivity (Wildman–Crippen MR) is 24.2 cm³/mol. The van der Waals surface area contributed by atoms with Crippen molar-refractivity contribution in [3.8, 4) is 0 Å². The maximum atomic E-state index is 2.12. The van der Waals surface area contributed by atoms with E-state index in [2.05, 4.69) is 15.3 Å². The third-order valence-electron chi connectivity index (χ3n) is 0. The van der Waals surface area contributed by atoms with Gasteiger partial charge in [-0.3, -0.25) is 0 Å². The molecule has 0 spiro atoms. The first-order valence-corrected chi connectivity index (χ1v) is 12.2. The van der Waals surface area contributed by atoms with Gasteiger partial charge in [0.05, 0.1) is 0 Å². The Hall–Kier alpha value is 4.29. The first kappa shape index (κ1) is 31.7. The monoisotopic (exact) mass is 656 g/mol. The van der Waals surface area contributed by atoms with Gasteiger partial charge < -0.3 is 0 Å². The summed E-state index contributed by atoms with van der Waals surface area (Å²) < 4.78 is 0. The summed E-state index contributed by atoms with van der Waals surface area (Å²) in [5, 5.41) is 0. The van der Waals surface area contributed by atoms with Gasteiger partial charge in [0.25, 0.3) is 0 Å². The first-order valence-electron chi connectivity index (χ1n) is 0.236. The molecule has 0 saturated carbocycles. The summed E-state index contributed by atoms with van der Waals surface area (Å²) in [6.07, 6.45) is 0. The van der Waals surface area contributed by atoms with Crippen LogP contribution in [0, 0.1) is 0 Å². The Labute approximate surface area is 118 Å². The van der Waals surface area contributed by atoms with E-state index in [0.29, 0.717) is 0 Å². The molecule has 0 aromatic rings. The standard InChI is InChI=1S/Bi.Co.Fe.Mg.Mo.Tl.5H. The molecule has 0 saturated heterocycles. The fourth-order valence-electron chi connectivity index (χ4n) is 0. The summed E-state index contributed by atoms with van der Waals surface area (Å²) in [4.78, 5) is 0. The van der Waals surface area contributed by atoms with Crippen molar-refractivity contribution in [1.29, 1.82) is 0 Å². The second-order valence-electron chi connectivity index (χ2n) is 0. The van der Waals surface area contributed by atoms with E-state index in [4.69, 9.17) is 0 Å². The van der Waals surface area contributed by atoms with E-state index >= 15 is 0 Å². The molecule has 0 aromatic heterocycles. The summed E-state index contributed by atoms with van der Waals surface area (Å²) in [6.45, 7) is 0. The molecule has 0 fully saturated rings. The fraction of sp³-hybridized carbons (Fsp3) is 0. The Kier molecular flexibility index (Phi) is 184. The van der Waals surface area contributed by atoms with Gasteiger partial charge in [-0.15, -0.1) is 0 Å². The van der Waals surface area contributed by atoms with E-state index in [1.807, 2.05) is 0 Å². The molecule has 0 N–H and O–H groups in total. The quantitative estimate of drug-likeness (QED) is 0.254. The van der Waals surface area contributed by atoms with Gasteiger partial charge in [0.2, 0.25) is 0 Å². The van der Waals surface area contributed by atoms with E-state index in [0.717, 1.165) is 0 Å². The van der Waals surface area contributed by atoms with E-state index in [1.165, 1.54) is 22.3 Å². The molecule has 0 unspecified atom stereocenters. The molecule has 0 nitrogen and oxygen atoms in total. The molecule has 0 rings (SSSR count). The second-order valence-corrected chi connectivity index (χ2v) is 0. The molecule has 1 radical (unpaired) electrons. The van der Waals surface area contributed by atoms with Crippen LogP contribution in [-0.4, -0.2) is 71.5 Å². The summed E-state index contributed by atoms with van der Waals surface area (Å²) in [5.41, 5.74) is 0. The molecule has 0 aliphatic heterocycles. The van der Waals surface area contributed by atoms with E-state index in [1.54, 1.807) is 0 Å². The van der Waals surface area contributed by atoms with Crippen LogP contribution in [0.4, 0.5) is 0 Å². The van der Waals surface area contributed by atoms with Gasteiger partial charge in [-0.05, 0) is 0 Å². The zero-order chi connectivity index (χ0) is 2.00. The molecule has 6 heteroatoms. The average Bonchev–Trinajstić information content (AvgIpc) is 1.00. The van der Waals surface area contributed by atoms with Crippen LogP contribution in [-0.2, 0) is 49.2 Å². The van der Waals surface area contributed by atoms with Gasteiger partial charge in [0.1, 0.15) is 0 Å². The Morgan fingerprint density at radius 1 is 1.17 bits per heavy atom. The van der Waals surface area contributed by atoms with Gasteiger partial charge >= 0.3 is 86.9 Å². The van der Waals surface area contributed by atoms with E-state index in [-0.39, 0.29) is 83.1 Å². The van der Waals surface area contributed by atoms with Crippen molar-refractivity contribution in [2.45, 2.75) is 0 Å². The van der Waals surface area contributed by atoms with Crippen molar-refractivity contribution in [2.75, 3.05) is 0 Å². The van der Waals surface area contributed by atoms with Gasteiger partial charge in [-0.2, -0.15) is 0 Å². The second kappa shape index (κ2) is 34.7. The Balaban J connectivity index is -0.000000000833. The Bertz CT molecular complexity index is 15.5. The van der Waals surface area contributed by atoms with Crippen LogP contribution in [0.15, 0.2) is 0 Å². The summed E-state index contributed by atoms with van der Waals surface area (Å²) in [7, 11) is 0. The van der Waals surface area contributed by atoms with Crippen LogP contribution >= 0.6 is 0 Å². The van der Waals surface area contributed by atoms with Crippen LogP contribution in [0.1, 0.15) is 0 Å². The number of hydrogen-bond acceptors (Lipinski definition) is 0. The zero-order valence-corrected chi connectivity index (χ0v) is 16.5. The minimum atomic E-state index is 0. The topological polar surface area (TPSA) is 0 Å². The van der Waals surface area contributed by atoms with Crippen LogP contribution in [0.25, 0.3) is 0 Å². The normalized spacial score (nSPS) is 0.500. The Morgan fingerprint density at radius 2 is 1.17 bits per heavy atom. The molecule has 0 aromatic carbocycles. The molecule has 6 heavy (non-hydrogen) atoms. The summed E-state index contributed by atoms with van der Waals surface area (Å²) in [5.74, 6) is 0. The van der Waals surface area contributed by atoms with Crippen molar-refractivity contribution in [3.63, 3.8) is 0 Å². The van der Waals surface area contributed by atoms with Crippen LogP contribution in [0.5, 0.6) is 0 Å². The van der Waals surface area contributed by atoms with Gasteiger partial charge in [-0.1, -0.05) is 0 Å². The molecule has 38 valence electrons. The maximum absolute atomic E-state index is 2.12. The fourth-order valence-corrected chi connectivity index (χ4v) is 0.